The van der Waals surface area contributed by atoms with Crippen molar-refractivity contribution < 1.29 is 55.1 Å². The maximum absolute atomic E-state index is 10.6. The van der Waals surface area contributed by atoms with E-state index in [2.05, 4.69) is 10.6 Å². The molecule has 1 radical (unpaired) electrons. The van der Waals surface area contributed by atoms with Gasteiger partial charge >= 0.3 is 40.8 Å². The predicted molar refractivity (Wildman–Crippen MR) is 76.9 cm³/mol. The summed E-state index contributed by atoms with van der Waals surface area (Å²) in [5.74, 6) is 0.110. The van der Waals surface area contributed by atoms with Crippen LogP contribution in [0.5, 0.6) is 0 Å². The van der Waals surface area contributed by atoms with E-state index in [1.807, 2.05) is 27.7 Å². The van der Waals surface area contributed by atoms with Gasteiger partial charge < -0.3 is 24.9 Å². The van der Waals surface area contributed by atoms with E-state index in [0.29, 0.717) is 25.9 Å². The first-order valence-electron chi connectivity index (χ1n) is 7.02. The number of rotatable bonds is 8. The second kappa shape index (κ2) is 24.3. The van der Waals surface area contributed by atoms with Gasteiger partial charge in [-0.25, -0.2) is 0 Å². The summed E-state index contributed by atoms with van der Waals surface area (Å²) in [6.45, 7) is 9.39. The van der Waals surface area contributed by atoms with Crippen LogP contribution in [0.1, 0.15) is 66.2 Å². The van der Waals surface area contributed by atoms with E-state index >= 15 is 0 Å². The van der Waals surface area contributed by atoms with Crippen LogP contribution in [0.15, 0.2) is 0 Å². The fraction of sp³-hybridized carbons (Fsp3) is 0.857. The quantitative estimate of drug-likeness (QED) is 0.593. The number of carbonyl (C=O) groups is 2. The first-order valence-corrected chi connectivity index (χ1v) is 7.02. The van der Waals surface area contributed by atoms with E-state index in [0.717, 1.165) is 25.7 Å². The molecule has 0 spiro atoms. The van der Waals surface area contributed by atoms with E-state index in [1.54, 1.807) is 0 Å². The van der Waals surface area contributed by atoms with Crippen LogP contribution >= 0.6 is 0 Å². The van der Waals surface area contributed by atoms with Crippen molar-refractivity contribution in [2.24, 2.45) is 0 Å². The van der Waals surface area contributed by atoms with Crippen LogP contribution in [0, 0.1) is 40.8 Å². The average molecular weight is 420 g/mol. The van der Waals surface area contributed by atoms with Crippen LogP contribution in [0.2, 0.25) is 0 Å². The number of nitrogens with zero attached hydrogens (tertiary/aromatic N) is 2. The summed E-state index contributed by atoms with van der Waals surface area (Å²) in [6, 6.07) is 0. The summed E-state index contributed by atoms with van der Waals surface area (Å²) < 4.78 is 0. The van der Waals surface area contributed by atoms with Crippen LogP contribution in [-0.4, -0.2) is 24.9 Å². The molecule has 0 unspecified atom stereocenters. The molecule has 20 heavy (non-hydrogen) atoms. The van der Waals surface area contributed by atoms with Crippen LogP contribution in [0.25, 0.3) is 10.6 Å². The second-order valence-electron chi connectivity index (χ2n) is 4.05. The van der Waals surface area contributed by atoms with Gasteiger partial charge in [0.2, 0.25) is 0 Å². The van der Waals surface area contributed by atoms with Gasteiger partial charge in [0, 0.05) is 0 Å². The third kappa shape index (κ3) is 26.7. The Morgan fingerprint density at radius 3 is 1.20 bits per heavy atom. The van der Waals surface area contributed by atoms with E-state index < -0.39 is 0 Å². The number of amides is 2. The molecule has 0 heterocycles. The molecule has 6 heteroatoms. The van der Waals surface area contributed by atoms with Crippen molar-refractivity contribution in [3.05, 3.63) is 10.6 Å². The summed E-state index contributed by atoms with van der Waals surface area (Å²) in [4.78, 5) is 21.3. The molecule has 0 aromatic rings. The van der Waals surface area contributed by atoms with Gasteiger partial charge in [-0.1, -0.05) is 53.4 Å². The zero-order valence-electron chi connectivity index (χ0n) is 13.2. The van der Waals surface area contributed by atoms with Gasteiger partial charge in [-0.05, 0) is 12.8 Å². The van der Waals surface area contributed by atoms with Gasteiger partial charge in [0.15, 0.2) is 0 Å². The van der Waals surface area contributed by atoms with E-state index in [9.17, 15) is 9.59 Å². The fourth-order valence-electron chi connectivity index (χ4n) is 1.06. The Morgan fingerprint density at radius 1 is 0.700 bits per heavy atom. The number of hydrogen-bond donors (Lipinski definition) is 0. The molecule has 4 nitrogen and oxygen atoms in total. The summed E-state index contributed by atoms with van der Waals surface area (Å²) in [5, 5.41) is 7.59. The number of hydrogen-bond acceptors (Lipinski definition) is 2. The Kier molecular flexibility index (Phi) is 34.4. The summed E-state index contributed by atoms with van der Waals surface area (Å²) >= 11 is 0. The summed E-state index contributed by atoms with van der Waals surface area (Å²) in [7, 11) is 0. The molecule has 2 amide bonds. The molecule has 0 rings (SSSR count). The largest absolute Gasteiger partial charge is 3.00 e. The normalized spacial score (nSPS) is 8.20. The van der Waals surface area contributed by atoms with Crippen molar-refractivity contribution in [3.8, 4) is 0 Å². The molecule has 0 aliphatic heterocycles. The minimum Gasteiger partial charge on any atom is -1.00 e. The Bertz CT molecular complexity index is 195. The van der Waals surface area contributed by atoms with Crippen LogP contribution in [-0.2, 0) is 9.59 Å². The van der Waals surface area contributed by atoms with Crippen molar-refractivity contribution in [2.45, 2.75) is 66.2 Å². The molecule has 0 bridgehead atoms. The van der Waals surface area contributed by atoms with Gasteiger partial charge in [-0.15, -0.1) is 13.1 Å². The van der Waals surface area contributed by atoms with Gasteiger partial charge in [-0.3, -0.25) is 0 Å². The molecule has 0 aromatic heterocycles. The van der Waals surface area contributed by atoms with Crippen molar-refractivity contribution in [1.29, 1.82) is 0 Å². The predicted octanol–water partition coefficient (Wildman–Crippen LogP) is 1.20. The van der Waals surface area contributed by atoms with E-state index in [-0.39, 0.29) is 57.4 Å². The molecule has 0 fully saturated rings. The molecule has 0 saturated heterocycles. The van der Waals surface area contributed by atoms with Gasteiger partial charge in [-0.2, -0.15) is 0 Å². The molecule has 117 valence electrons. The monoisotopic (exact) mass is 417 g/mol. The zero-order chi connectivity index (χ0) is 14.2. The standard InChI is InChI=1S/2C7H15NO.FH.Nd/c2*1-3-5-7(9)8-6-4-2;;/h2*3-6H2,1-2H3,(H,8,9);1H;/q;;;+3/p-3. The minimum absolute atomic E-state index is 0. The Hall–Kier alpha value is 0.221. The number of halogens is 1. The third-order valence-corrected chi connectivity index (χ3v) is 1.95. The van der Waals surface area contributed by atoms with Crippen molar-refractivity contribution in [1.82, 2.24) is 0 Å². The smallest absolute Gasteiger partial charge is 1.00 e. The molecule has 0 aliphatic rings. The number of carbonyl (C=O) groups excluding carboxylic acids is 2. The van der Waals surface area contributed by atoms with Gasteiger partial charge in [0.25, 0.3) is 0 Å². The first kappa shape index (κ1) is 28.4. The molecular weight excluding hydrogens is 391 g/mol. The SMILES string of the molecule is CCC[N-]C(=O)CCC.CCC[N-]C(=O)CCC.[F-].[Nd+3]. The van der Waals surface area contributed by atoms with Gasteiger partial charge in [0.05, 0.1) is 11.8 Å². The van der Waals surface area contributed by atoms with E-state index in [1.165, 1.54) is 0 Å². The Labute approximate surface area is 156 Å². The van der Waals surface area contributed by atoms with Crippen molar-refractivity contribution in [3.63, 3.8) is 0 Å². The molecular formula is C14H28FN2NdO2. The maximum Gasteiger partial charge on any atom is 3.00 e. The average Bonchev–Trinajstić information content (AvgIpc) is 2.35. The maximum atomic E-state index is 10.6. The molecule has 0 aliphatic carbocycles. The molecule has 0 saturated carbocycles. The van der Waals surface area contributed by atoms with Crippen LogP contribution in [0.3, 0.4) is 0 Å². The molecule has 0 atom stereocenters. The summed E-state index contributed by atoms with van der Waals surface area (Å²) in [5.41, 5.74) is 0. The third-order valence-electron chi connectivity index (χ3n) is 1.95. The second-order valence-corrected chi connectivity index (χ2v) is 4.05. The molecule has 0 N–H and O–H groups in total. The molecule has 0 aromatic carbocycles. The van der Waals surface area contributed by atoms with Crippen LogP contribution < -0.4 is 4.70 Å². The Morgan fingerprint density at radius 2 is 1.00 bits per heavy atom. The van der Waals surface area contributed by atoms with Gasteiger partial charge in [0.1, 0.15) is 0 Å². The summed E-state index contributed by atoms with van der Waals surface area (Å²) in [6.07, 6.45) is 4.98. The van der Waals surface area contributed by atoms with Crippen LogP contribution in [0.4, 0.5) is 0 Å². The minimum atomic E-state index is 0. The zero-order valence-corrected chi connectivity index (χ0v) is 16.5. The topological polar surface area (TPSA) is 62.3 Å². The Balaban J connectivity index is -0.000000116. The van der Waals surface area contributed by atoms with Crippen molar-refractivity contribution >= 4 is 11.8 Å². The van der Waals surface area contributed by atoms with Crippen molar-refractivity contribution in [2.75, 3.05) is 13.1 Å². The fourth-order valence-corrected chi connectivity index (χ4v) is 1.06. The van der Waals surface area contributed by atoms with E-state index in [4.69, 9.17) is 0 Å². The first-order chi connectivity index (χ1) is 8.62.